The maximum atomic E-state index is 11.3. The molecule has 2 rings (SSSR count). The largest absolute Gasteiger partial charge is 0.329 e. The van der Waals surface area contributed by atoms with Crippen molar-refractivity contribution in [3.05, 3.63) is 0 Å². The van der Waals surface area contributed by atoms with E-state index in [2.05, 4.69) is 20.8 Å². The van der Waals surface area contributed by atoms with Gasteiger partial charge in [0.25, 0.3) is 0 Å². The lowest BCUT2D eigenvalue weighted by Crippen LogP contribution is -2.23. The predicted octanol–water partition coefficient (Wildman–Crippen LogP) is -1.86. The van der Waals surface area contributed by atoms with Crippen molar-refractivity contribution < 1.29 is 9.59 Å². The summed E-state index contributed by atoms with van der Waals surface area (Å²) in [6.45, 7) is 0.895. The normalized spacial score (nSPS) is 20.2. The van der Waals surface area contributed by atoms with Gasteiger partial charge in [0.05, 0.1) is 6.54 Å². The van der Waals surface area contributed by atoms with Crippen LogP contribution in [0, 0.1) is 0 Å². The molecule has 0 spiro atoms. The van der Waals surface area contributed by atoms with Gasteiger partial charge in [-0.15, -0.1) is 5.10 Å². The number of hydrogen-bond donors (Lipinski definition) is 2. The molecule has 9 heteroatoms. The van der Waals surface area contributed by atoms with Crippen LogP contribution in [-0.4, -0.2) is 43.8 Å². The van der Waals surface area contributed by atoms with E-state index in [0.29, 0.717) is 18.2 Å². The number of nitrogens with one attached hydrogen (secondary N) is 1. The topological polar surface area (TPSA) is 116 Å². The van der Waals surface area contributed by atoms with E-state index in [0.717, 1.165) is 0 Å². The first-order valence-corrected chi connectivity index (χ1v) is 5.55. The van der Waals surface area contributed by atoms with E-state index < -0.39 is 5.25 Å². The third-order valence-corrected chi connectivity index (χ3v) is 3.18. The lowest BCUT2D eigenvalue weighted by Gasteiger charge is -2.04. The van der Waals surface area contributed by atoms with E-state index in [-0.39, 0.29) is 18.2 Å². The van der Waals surface area contributed by atoms with Crippen molar-refractivity contribution in [1.29, 1.82) is 0 Å². The number of thioether (sulfide) groups is 1. The molecule has 1 aromatic rings. The highest BCUT2D eigenvalue weighted by atomic mass is 32.2. The molecule has 1 unspecified atom stereocenters. The van der Waals surface area contributed by atoms with Crippen molar-refractivity contribution in [3.8, 4) is 0 Å². The molecular formula is C7H10N6O2S. The minimum atomic E-state index is -0.449. The van der Waals surface area contributed by atoms with E-state index in [1.165, 1.54) is 16.4 Å². The molecule has 8 nitrogen and oxygen atoms in total. The first-order valence-electron chi connectivity index (χ1n) is 4.67. The molecule has 0 bridgehead atoms. The van der Waals surface area contributed by atoms with E-state index in [1.54, 1.807) is 0 Å². The van der Waals surface area contributed by atoms with Crippen molar-refractivity contribution in [2.24, 2.45) is 5.73 Å². The van der Waals surface area contributed by atoms with E-state index in [1.807, 2.05) is 0 Å². The molecule has 1 aliphatic rings. The molecule has 1 saturated heterocycles. The molecule has 86 valence electrons. The van der Waals surface area contributed by atoms with Crippen LogP contribution < -0.4 is 11.1 Å². The average Bonchev–Trinajstić information content (AvgIpc) is 2.77. The smallest absolute Gasteiger partial charge is 0.240 e. The van der Waals surface area contributed by atoms with Gasteiger partial charge in [-0.1, -0.05) is 11.8 Å². The van der Waals surface area contributed by atoms with Crippen LogP contribution in [-0.2, 0) is 16.1 Å². The molecule has 0 aromatic carbocycles. The van der Waals surface area contributed by atoms with Crippen LogP contribution in [0.4, 0.5) is 0 Å². The number of imide groups is 1. The molecule has 2 heterocycles. The molecule has 1 fully saturated rings. The van der Waals surface area contributed by atoms with Crippen LogP contribution in [0.15, 0.2) is 5.16 Å². The van der Waals surface area contributed by atoms with Gasteiger partial charge >= 0.3 is 0 Å². The number of hydrogen-bond acceptors (Lipinski definition) is 7. The summed E-state index contributed by atoms with van der Waals surface area (Å²) >= 11 is 1.17. The highest BCUT2D eigenvalue weighted by Gasteiger charge is 2.32. The predicted molar refractivity (Wildman–Crippen MR) is 54.3 cm³/mol. The Morgan fingerprint density at radius 3 is 3.00 bits per heavy atom. The fourth-order valence-corrected chi connectivity index (χ4v) is 2.28. The minimum absolute atomic E-state index is 0.166. The van der Waals surface area contributed by atoms with Gasteiger partial charge in [0.2, 0.25) is 17.0 Å². The number of carbonyl (C=O) groups is 2. The van der Waals surface area contributed by atoms with E-state index >= 15 is 0 Å². The zero-order valence-corrected chi connectivity index (χ0v) is 9.11. The molecule has 2 amide bonds. The molecular weight excluding hydrogens is 232 g/mol. The minimum Gasteiger partial charge on any atom is -0.329 e. The summed E-state index contributed by atoms with van der Waals surface area (Å²) in [5.41, 5.74) is 5.39. The third kappa shape index (κ3) is 2.19. The molecule has 0 saturated carbocycles. The van der Waals surface area contributed by atoms with Crippen LogP contribution in [0.5, 0.6) is 0 Å². The van der Waals surface area contributed by atoms with Crippen molar-refractivity contribution in [3.63, 3.8) is 0 Å². The van der Waals surface area contributed by atoms with Crippen LogP contribution in [0.1, 0.15) is 6.42 Å². The monoisotopic (exact) mass is 242 g/mol. The number of nitrogens with zero attached hydrogens (tertiary/aromatic N) is 4. The lowest BCUT2D eigenvalue weighted by molar-refractivity contribution is -0.124. The second-order valence-electron chi connectivity index (χ2n) is 3.20. The molecule has 16 heavy (non-hydrogen) atoms. The van der Waals surface area contributed by atoms with Crippen molar-refractivity contribution in [2.75, 3.05) is 6.54 Å². The maximum Gasteiger partial charge on any atom is 0.240 e. The molecule has 1 aliphatic heterocycles. The van der Waals surface area contributed by atoms with Crippen LogP contribution in [0.2, 0.25) is 0 Å². The Morgan fingerprint density at radius 1 is 1.56 bits per heavy atom. The van der Waals surface area contributed by atoms with Crippen LogP contribution in [0.3, 0.4) is 0 Å². The Kier molecular flexibility index (Phi) is 3.15. The molecule has 1 aromatic heterocycles. The zero-order chi connectivity index (χ0) is 11.5. The first kappa shape index (κ1) is 11.0. The van der Waals surface area contributed by atoms with Gasteiger partial charge in [-0.25, -0.2) is 4.68 Å². The Morgan fingerprint density at radius 2 is 2.38 bits per heavy atom. The average molecular weight is 242 g/mol. The van der Waals surface area contributed by atoms with Gasteiger partial charge in [-0.05, 0) is 10.4 Å². The van der Waals surface area contributed by atoms with Crippen LogP contribution >= 0.6 is 11.8 Å². The van der Waals surface area contributed by atoms with Crippen molar-refractivity contribution >= 4 is 23.6 Å². The number of carbonyl (C=O) groups excluding carboxylic acids is 2. The van der Waals surface area contributed by atoms with Crippen LogP contribution in [0.25, 0.3) is 0 Å². The number of amides is 2. The SMILES string of the molecule is NCCn1nnnc1SC1CC(=O)NC1=O. The lowest BCUT2D eigenvalue weighted by atomic mass is 10.4. The molecule has 0 radical (unpaired) electrons. The van der Waals surface area contributed by atoms with Crippen molar-refractivity contribution in [2.45, 2.75) is 23.4 Å². The summed E-state index contributed by atoms with van der Waals surface area (Å²) < 4.78 is 1.51. The first-order chi connectivity index (χ1) is 7.70. The van der Waals surface area contributed by atoms with Crippen molar-refractivity contribution in [1.82, 2.24) is 25.5 Å². The summed E-state index contributed by atoms with van der Waals surface area (Å²) in [6.07, 6.45) is 0.166. The summed E-state index contributed by atoms with van der Waals surface area (Å²) in [4.78, 5) is 22.3. The highest BCUT2D eigenvalue weighted by Crippen LogP contribution is 2.25. The quantitative estimate of drug-likeness (QED) is 0.595. The summed E-state index contributed by atoms with van der Waals surface area (Å²) in [5, 5.41) is 13.3. The summed E-state index contributed by atoms with van der Waals surface area (Å²) in [7, 11) is 0. The van der Waals surface area contributed by atoms with Gasteiger partial charge in [-0.2, -0.15) is 0 Å². The van der Waals surface area contributed by atoms with Gasteiger partial charge in [-0.3, -0.25) is 14.9 Å². The molecule has 1 atom stereocenters. The Balaban J connectivity index is 2.06. The highest BCUT2D eigenvalue weighted by molar-refractivity contribution is 8.00. The van der Waals surface area contributed by atoms with E-state index in [9.17, 15) is 9.59 Å². The standard InChI is InChI=1S/C7H10N6O2S/c8-1-2-13-7(10-11-12-13)16-4-3-5(14)9-6(4)15/h4H,1-3,8H2,(H,9,14,15). The van der Waals surface area contributed by atoms with Gasteiger partial charge in [0.1, 0.15) is 5.25 Å². The number of nitrogens with two attached hydrogens (primary N) is 1. The zero-order valence-electron chi connectivity index (χ0n) is 8.29. The number of tetrazole rings is 1. The second-order valence-corrected chi connectivity index (χ2v) is 4.37. The Bertz CT molecular complexity index is 419. The summed E-state index contributed by atoms with van der Waals surface area (Å²) in [5.74, 6) is -0.558. The Labute approximate surface area is 94.9 Å². The molecule has 3 N–H and O–H groups in total. The van der Waals surface area contributed by atoms with Gasteiger partial charge in [0, 0.05) is 13.0 Å². The fourth-order valence-electron chi connectivity index (χ4n) is 1.30. The second kappa shape index (κ2) is 4.58. The third-order valence-electron chi connectivity index (χ3n) is 2.01. The van der Waals surface area contributed by atoms with E-state index in [4.69, 9.17) is 5.73 Å². The number of rotatable bonds is 4. The number of aromatic nitrogens is 4. The maximum absolute atomic E-state index is 11.3. The molecule has 0 aliphatic carbocycles. The van der Waals surface area contributed by atoms with Gasteiger partial charge in [0.15, 0.2) is 0 Å². The fraction of sp³-hybridized carbons (Fsp3) is 0.571. The summed E-state index contributed by atoms with van der Waals surface area (Å²) in [6, 6.07) is 0. The van der Waals surface area contributed by atoms with Gasteiger partial charge < -0.3 is 5.73 Å². The Hall–Kier alpha value is -1.48.